The van der Waals surface area contributed by atoms with Crippen LogP contribution in [0, 0.1) is 0 Å². The molecule has 0 amide bonds. The maximum Gasteiger partial charge on any atom is 0.345 e. The summed E-state index contributed by atoms with van der Waals surface area (Å²) >= 11 is 1.07. The Labute approximate surface area is 97.0 Å². The molecule has 1 aromatic carbocycles. The molecule has 0 spiro atoms. The summed E-state index contributed by atoms with van der Waals surface area (Å²) in [7, 11) is 0. The molecule has 1 aromatic rings. The van der Waals surface area contributed by atoms with Crippen molar-refractivity contribution in [1.82, 2.24) is 0 Å². The highest BCUT2D eigenvalue weighted by Gasteiger charge is 2.09. The third kappa shape index (κ3) is 3.86. The number of esters is 2. The summed E-state index contributed by atoms with van der Waals surface area (Å²) in [5.74, 6) is -1.33. The highest BCUT2D eigenvalue weighted by molar-refractivity contribution is 8.13. The largest absolute Gasteiger partial charge is 0.390 e. The van der Waals surface area contributed by atoms with Crippen molar-refractivity contribution in [3.8, 4) is 0 Å². The third-order valence-corrected chi connectivity index (χ3v) is 2.38. The van der Waals surface area contributed by atoms with Gasteiger partial charge in [0, 0.05) is 18.7 Å². The fourth-order valence-corrected chi connectivity index (χ4v) is 1.62. The first-order valence-corrected chi connectivity index (χ1v) is 5.32. The second kappa shape index (κ2) is 5.46. The molecule has 4 nitrogen and oxygen atoms in total. The predicted molar refractivity (Wildman–Crippen MR) is 59.1 cm³/mol. The number of carbonyl (C=O) groups is 3. The van der Waals surface area contributed by atoms with Crippen LogP contribution in [-0.2, 0) is 14.3 Å². The minimum Gasteiger partial charge on any atom is -0.390 e. The van der Waals surface area contributed by atoms with E-state index in [1.165, 1.54) is 19.1 Å². The van der Waals surface area contributed by atoms with Crippen LogP contribution in [-0.4, -0.2) is 17.1 Å². The molecule has 0 N–H and O–H groups in total. The van der Waals surface area contributed by atoms with E-state index in [1.807, 2.05) is 0 Å². The lowest BCUT2D eigenvalue weighted by Crippen LogP contribution is -2.08. The Morgan fingerprint density at radius 2 is 1.62 bits per heavy atom. The van der Waals surface area contributed by atoms with Crippen molar-refractivity contribution < 1.29 is 19.1 Å². The molecule has 1 rings (SSSR count). The second-order valence-electron chi connectivity index (χ2n) is 3.00. The van der Waals surface area contributed by atoms with Crippen LogP contribution in [0.15, 0.2) is 29.2 Å². The number of benzene rings is 1. The molecule has 0 radical (unpaired) electrons. The summed E-state index contributed by atoms with van der Waals surface area (Å²) in [5, 5.41) is -0.0286. The number of ether oxygens (including phenoxy) is 1. The van der Waals surface area contributed by atoms with E-state index in [0.717, 1.165) is 23.6 Å². The second-order valence-corrected chi connectivity index (χ2v) is 4.25. The number of rotatable bonds is 2. The van der Waals surface area contributed by atoms with Crippen LogP contribution in [0.2, 0.25) is 0 Å². The number of thioether (sulfide) groups is 1. The minimum atomic E-state index is -0.688. The van der Waals surface area contributed by atoms with E-state index in [9.17, 15) is 14.4 Å². The van der Waals surface area contributed by atoms with Crippen LogP contribution in [0.1, 0.15) is 24.2 Å². The average molecular weight is 238 g/mol. The van der Waals surface area contributed by atoms with Gasteiger partial charge in [0.05, 0.1) is 5.56 Å². The first-order valence-electron chi connectivity index (χ1n) is 4.50. The molecule has 0 heterocycles. The highest BCUT2D eigenvalue weighted by atomic mass is 32.2. The van der Waals surface area contributed by atoms with Gasteiger partial charge < -0.3 is 4.74 Å². The van der Waals surface area contributed by atoms with Crippen molar-refractivity contribution in [2.75, 3.05) is 0 Å². The van der Waals surface area contributed by atoms with Crippen LogP contribution in [0.5, 0.6) is 0 Å². The van der Waals surface area contributed by atoms with Crippen molar-refractivity contribution in [1.29, 1.82) is 0 Å². The lowest BCUT2D eigenvalue weighted by molar-refractivity contribution is -0.135. The SMILES string of the molecule is CC(=O)OC(=O)c1ccc(SC(C)=O)cc1. The fraction of sp³-hybridized carbons (Fsp3) is 0.182. The molecule has 0 unspecified atom stereocenters. The van der Waals surface area contributed by atoms with Crippen LogP contribution in [0.4, 0.5) is 0 Å². The molecule has 0 bridgehead atoms. The zero-order valence-electron chi connectivity index (χ0n) is 8.85. The Bertz CT molecular complexity index is 422. The van der Waals surface area contributed by atoms with Crippen LogP contribution in [0.3, 0.4) is 0 Å². The van der Waals surface area contributed by atoms with Gasteiger partial charge in [0.2, 0.25) is 0 Å². The Morgan fingerprint density at radius 1 is 1.06 bits per heavy atom. The third-order valence-electron chi connectivity index (χ3n) is 1.59. The van der Waals surface area contributed by atoms with Crippen LogP contribution >= 0.6 is 11.8 Å². The zero-order chi connectivity index (χ0) is 12.1. The van der Waals surface area contributed by atoms with Gasteiger partial charge in [0.1, 0.15) is 0 Å². The minimum absolute atomic E-state index is 0.0286. The van der Waals surface area contributed by atoms with E-state index in [0.29, 0.717) is 0 Å². The summed E-state index contributed by atoms with van der Waals surface area (Å²) < 4.78 is 4.41. The molecule has 5 heteroatoms. The standard InChI is InChI=1S/C11H10O4S/c1-7(12)15-11(14)9-3-5-10(6-4-9)16-8(2)13/h3-6H,1-2H3. The van der Waals surface area contributed by atoms with Gasteiger partial charge in [-0.25, -0.2) is 4.79 Å². The van der Waals surface area contributed by atoms with Crippen molar-refractivity contribution in [2.24, 2.45) is 0 Å². The molecule has 16 heavy (non-hydrogen) atoms. The number of hydrogen-bond donors (Lipinski definition) is 0. The topological polar surface area (TPSA) is 60.4 Å². The molecule has 0 aliphatic rings. The lowest BCUT2D eigenvalue weighted by Gasteiger charge is -2.01. The van der Waals surface area contributed by atoms with E-state index < -0.39 is 11.9 Å². The fourth-order valence-electron chi connectivity index (χ4n) is 1.01. The summed E-state index contributed by atoms with van der Waals surface area (Å²) in [6.45, 7) is 2.63. The van der Waals surface area contributed by atoms with Gasteiger partial charge in [-0.2, -0.15) is 0 Å². The summed E-state index contributed by atoms with van der Waals surface area (Å²) in [5.41, 5.74) is 0.281. The molecule has 0 atom stereocenters. The first kappa shape index (κ1) is 12.4. The van der Waals surface area contributed by atoms with Crippen molar-refractivity contribution in [3.63, 3.8) is 0 Å². The smallest absolute Gasteiger partial charge is 0.345 e. The Balaban J connectivity index is 2.74. The van der Waals surface area contributed by atoms with E-state index >= 15 is 0 Å². The van der Waals surface area contributed by atoms with E-state index in [2.05, 4.69) is 4.74 Å². The number of carbonyl (C=O) groups excluding carboxylic acids is 3. The molecular formula is C11H10O4S. The molecule has 0 saturated heterocycles. The molecule has 0 aliphatic carbocycles. The van der Waals surface area contributed by atoms with Crippen molar-refractivity contribution in [2.45, 2.75) is 18.7 Å². The Hall–Kier alpha value is -1.62. The summed E-state index contributed by atoms with van der Waals surface area (Å²) in [6.07, 6.45) is 0. The molecule has 0 saturated carbocycles. The van der Waals surface area contributed by atoms with Gasteiger partial charge >= 0.3 is 11.9 Å². The molecule has 0 aliphatic heterocycles. The Morgan fingerprint density at radius 3 is 2.06 bits per heavy atom. The first-order chi connectivity index (χ1) is 7.49. The van der Waals surface area contributed by atoms with Crippen molar-refractivity contribution in [3.05, 3.63) is 29.8 Å². The molecule has 0 aromatic heterocycles. The Kier molecular flexibility index (Phi) is 4.25. The maximum atomic E-state index is 11.3. The predicted octanol–water partition coefficient (Wildman–Crippen LogP) is 2.03. The molecular weight excluding hydrogens is 228 g/mol. The lowest BCUT2D eigenvalue weighted by atomic mass is 10.2. The molecule has 0 fully saturated rings. The van der Waals surface area contributed by atoms with Gasteiger partial charge in [0.15, 0.2) is 5.12 Å². The van der Waals surface area contributed by atoms with E-state index in [1.54, 1.807) is 12.1 Å². The zero-order valence-corrected chi connectivity index (χ0v) is 9.67. The monoisotopic (exact) mass is 238 g/mol. The average Bonchev–Trinajstić information content (AvgIpc) is 2.16. The van der Waals surface area contributed by atoms with Gasteiger partial charge in [-0.05, 0) is 24.3 Å². The van der Waals surface area contributed by atoms with Crippen LogP contribution in [0.25, 0.3) is 0 Å². The van der Waals surface area contributed by atoms with Crippen LogP contribution < -0.4 is 0 Å². The van der Waals surface area contributed by atoms with Gasteiger partial charge in [-0.3, -0.25) is 9.59 Å². The van der Waals surface area contributed by atoms with Gasteiger partial charge in [-0.15, -0.1) is 0 Å². The van der Waals surface area contributed by atoms with Crippen molar-refractivity contribution >= 4 is 28.8 Å². The molecule has 84 valence electrons. The van der Waals surface area contributed by atoms with E-state index in [4.69, 9.17) is 0 Å². The maximum absolute atomic E-state index is 11.3. The quantitative estimate of drug-likeness (QED) is 0.448. The van der Waals surface area contributed by atoms with E-state index in [-0.39, 0.29) is 10.7 Å². The van der Waals surface area contributed by atoms with Gasteiger partial charge in [0.25, 0.3) is 0 Å². The summed E-state index contributed by atoms with van der Waals surface area (Å²) in [6, 6.07) is 6.28. The number of hydrogen-bond acceptors (Lipinski definition) is 5. The summed E-state index contributed by atoms with van der Waals surface area (Å²) in [4.78, 5) is 33.4. The van der Waals surface area contributed by atoms with Gasteiger partial charge in [-0.1, -0.05) is 11.8 Å². The highest BCUT2D eigenvalue weighted by Crippen LogP contribution is 2.19. The normalized spacial score (nSPS) is 9.62.